The molecule has 1 saturated heterocycles. The van der Waals surface area contributed by atoms with Crippen molar-refractivity contribution in [3.05, 3.63) is 54.3 Å². The standard InChI is InChI=1S/C22H19N3O4S3/c1-12-15(10-23)19(27)25(13-5-2-3-6-13)21(29)18(12)16(26)11-24-20(28)17(32-22(24)30)9-14-7-4-8-31-14/h4,7-9,13,29H,2-3,5-6,11H2,1H3/b17-9-. The molecule has 32 heavy (non-hydrogen) atoms. The van der Waals surface area contributed by atoms with Gasteiger partial charge in [-0.3, -0.25) is 23.9 Å². The van der Waals surface area contributed by atoms with E-state index in [1.165, 1.54) is 27.7 Å². The van der Waals surface area contributed by atoms with Gasteiger partial charge >= 0.3 is 0 Å². The normalized spacial score (nSPS) is 18.0. The van der Waals surface area contributed by atoms with E-state index in [4.69, 9.17) is 12.2 Å². The summed E-state index contributed by atoms with van der Waals surface area (Å²) < 4.78 is 1.42. The number of nitriles is 1. The number of carbonyl (C=O) groups is 2. The Balaban J connectivity index is 1.69. The number of thiocarbonyl (C=S) groups is 1. The number of pyridine rings is 1. The number of rotatable bonds is 5. The van der Waals surface area contributed by atoms with E-state index in [1.54, 1.807) is 6.08 Å². The summed E-state index contributed by atoms with van der Waals surface area (Å²) in [6.45, 7) is 1.08. The number of thiophene rings is 1. The maximum atomic E-state index is 13.2. The minimum Gasteiger partial charge on any atom is -0.494 e. The summed E-state index contributed by atoms with van der Waals surface area (Å²) in [5, 5.41) is 22.3. The van der Waals surface area contributed by atoms with E-state index < -0.39 is 17.2 Å². The number of amides is 1. The molecule has 0 spiro atoms. The smallest absolute Gasteiger partial charge is 0.271 e. The second-order valence-corrected chi connectivity index (χ2v) is 10.3. The van der Waals surface area contributed by atoms with Gasteiger partial charge in [-0.1, -0.05) is 42.9 Å². The summed E-state index contributed by atoms with van der Waals surface area (Å²) in [5.41, 5.74) is -0.741. The Morgan fingerprint density at radius 1 is 1.38 bits per heavy atom. The third kappa shape index (κ3) is 3.92. The van der Waals surface area contributed by atoms with Gasteiger partial charge in [-0.25, -0.2) is 0 Å². The topological polar surface area (TPSA) is 103 Å². The van der Waals surface area contributed by atoms with Gasteiger partial charge in [-0.05, 0) is 42.9 Å². The molecule has 2 aliphatic rings. The number of hydrogen-bond donors (Lipinski definition) is 1. The van der Waals surface area contributed by atoms with Crippen molar-refractivity contribution in [3.63, 3.8) is 0 Å². The molecule has 4 rings (SSSR count). The lowest BCUT2D eigenvalue weighted by atomic mass is 10.0. The van der Waals surface area contributed by atoms with E-state index in [0.717, 1.165) is 29.5 Å². The average Bonchev–Trinajstić information content (AvgIpc) is 3.49. The summed E-state index contributed by atoms with van der Waals surface area (Å²) in [7, 11) is 0. The van der Waals surface area contributed by atoms with Crippen LogP contribution in [0.1, 0.15) is 58.1 Å². The molecule has 0 atom stereocenters. The van der Waals surface area contributed by atoms with E-state index in [9.17, 15) is 24.8 Å². The molecule has 1 saturated carbocycles. The molecule has 0 radical (unpaired) electrons. The molecule has 0 unspecified atom stereocenters. The lowest BCUT2D eigenvalue weighted by molar-refractivity contribution is -0.121. The number of carbonyl (C=O) groups excluding carboxylic acids is 2. The van der Waals surface area contributed by atoms with Crippen molar-refractivity contribution >= 4 is 57.4 Å². The predicted octanol–water partition coefficient (Wildman–Crippen LogP) is 3.99. The summed E-state index contributed by atoms with van der Waals surface area (Å²) in [4.78, 5) is 41.4. The lowest BCUT2D eigenvalue weighted by Crippen LogP contribution is -2.35. The number of thioether (sulfide) groups is 1. The minimum atomic E-state index is -0.588. The Labute approximate surface area is 198 Å². The summed E-state index contributed by atoms with van der Waals surface area (Å²) in [6.07, 6.45) is 4.92. The van der Waals surface area contributed by atoms with Crippen molar-refractivity contribution in [1.29, 1.82) is 5.26 Å². The van der Waals surface area contributed by atoms with Gasteiger partial charge in [0, 0.05) is 10.9 Å². The third-order valence-electron chi connectivity index (χ3n) is 5.71. The van der Waals surface area contributed by atoms with Crippen LogP contribution in [0.5, 0.6) is 5.88 Å². The van der Waals surface area contributed by atoms with Crippen LogP contribution in [0.3, 0.4) is 0 Å². The highest BCUT2D eigenvalue weighted by molar-refractivity contribution is 8.26. The van der Waals surface area contributed by atoms with Crippen LogP contribution in [-0.2, 0) is 4.79 Å². The first-order chi connectivity index (χ1) is 15.3. The van der Waals surface area contributed by atoms with Gasteiger partial charge < -0.3 is 5.11 Å². The molecular formula is C22H19N3O4S3. The monoisotopic (exact) mass is 485 g/mol. The number of ketones is 1. The van der Waals surface area contributed by atoms with Gasteiger partial charge in [-0.2, -0.15) is 5.26 Å². The van der Waals surface area contributed by atoms with E-state index >= 15 is 0 Å². The molecule has 2 aromatic rings. The van der Waals surface area contributed by atoms with Gasteiger partial charge in [0.15, 0.2) is 5.78 Å². The molecule has 0 bridgehead atoms. The van der Waals surface area contributed by atoms with Crippen LogP contribution >= 0.6 is 35.3 Å². The molecule has 0 aromatic carbocycles. The van der Waals surface area contributed by atoms with Gasteiger partial charge in [0.25, 0.3) is 11.5 Å². The average molecular weight is 486 g/mol. The highest BCUT2D eigenvalue weighted by Crippen LogP contribution is 2.36. The molecule has 1 N–H and O–H groups in total. The van der Waals surface area contributed by atoms with Crippen LogP contribution in [0.15, 0.2) is 27.2 Å². The maximum absolute atomic E-state index is 13.2. The second kappa shape index (κ2) is 9.02. The van der Waals surface area contributed by atoms with Crippen LogP contribution < -0.4 is 5.56 Å². The zero-order valence-corrected chi connectivity index (χ0v) is 19.6. The van der Waals surface area contributed by atoms with Gasteiger partial charge in [-0.15, -0.1) is 11.3 Å². The maximum Gasteiger partial charge on any atom is 0.271 e. The van der Waals surface area contributed by atoms with Crippen LogP contribution in [0.25, 0.3) is 6.08 Å². The fourth-order valence-corrected chi connectivity index (χ4v) is 6.10. The highest BCUT2D eigenvalue weighted by atomic mass is 32.2. The molecule has 164 valence electrons. The van der Waals surface area contributed by atoms with Gasteiger partial charge in [0.2, 0.25) is 5.88 Å². The van der Waals surface area contributed by atoms with Crippen LogP contribution in [0.2, 0.25) is 0 Å². The van der Waals surface area contributed by atoms with E-state index in [1.807, 2.05) is 23.6 Å². The SMILES string of the molecule is Cc1c(C(=O)CN2C(=O)/C(=C/c3cccs3)SC2=S)c(O)n(C2CCCC2)c(=O)c1C#N. The molecule has 3 heterocycles. The summed E-state index contributed by atoms with van der Waals surface area (Å²) in [5.74, 6) is -1.40. The first-order valence-corrected chi connectivity index (χ1v) is 12.1. The Morgan fingerprint density at radius 2 is 2.09 bits per heavy atom. The minimum absolute atomic E-state index is 0.107. The van der Waals surface area contributed by atoms with Gasteiger partial charge in [0.05, 0.1) is 17.0 Å². The fourth-order valence-electron chi connectivity index (χ4n) is 4.12. The van der Waals surface area contributed by atoms with Crippen molar-refractivity contribution < 1.29 is 14.7 Å². The van der Waals surface area contributed by atoms with Crippen LogP contribution in [-0.4, -0.2) is 37.1 Å². The van der Waals surface area contributed by atoms with Crippen molar-refractivity contribution in [2.24, 2.45) is 0 Å². The van der Waals surface area contributed by atoms with Crippen molar-refractivity contribution in [3.8, 4) is 11.9 Å². The molecule has 2 fully saturated rings. The zero-order valence-electron chi connectivity index (χ0n) is 17.2. The zero-order chi connectivity index (χ0) is 23.0. The number of nitrogens with zero attached hydrogens (tertiary/aromatic N) is 3. The quantitative estimate of drug-likeness (QED) is 0.388. The molecule has 1 aliphatic carbocycles. The second-order valence-electron chi connectivity index (χ2n) is 7.63. The molecule has 2 aromatic heterocycles. The summed E-state index contributed by atoms with van der Waals surface area (Å²) in [6, 6.07) is 5.37. The third-order valence-corrected chi connectivity index (χ3v) is 7.90. The van der Waals surface area contributed by atoms with Crippen molar-refractivity contribution in [1.82, 2.24) is 9.47 Å². The number of hydrogen-bond acceptors (Lipinski definition) is 8. The molecule has 1 amide bonds. The first-order valence-electron chi connectivity index (χ1n) is 10.0. The predicted molar refractivity (Wildman–Crippen MR) is 128 cm³/mol. The fraction of sp³-hybridized carbons (Fsp3) is 0.318. The first kappa shape index (κ1) is 22.5. The Morgan fingerprint density at radius 3 is 2.72 bits per heavy atom. The molecule has 10 heteroatoms. The number of aromatic nitrogens is 1. The Hall–Kier alpha value is -2.74. The van der Waals surface area contributed by atoms with Crippen LogP contribution in [0.4, 0.5) is 0 Å². The highest BCUT2D eigenvalue weighted by Gasteiger charge is 2.36. The lowest BCUT2D eigenvalue weighted by Gasteiger charge is -2.21. The van der Waals surface area contributed by atoms with E-state index in [-0.39, 0.29) is 39.5 Å². The Kier molecular flexibility index (Phi) is 6.33. The largest absolute Gasteiger partial charge is 0.494 e. The molecular weight excluding hydrogens is 466 g/mol. The van der Waals surface area contributed by atoms with Crippen molar-refractivity contribution in [2.75, 3.05) is 6.54 Å². The molecule has 7 nitrogen and oxygen atoms in total. The van der Waals surface area contributed by atoms with Crippen LogP contribution in [0, 0.1) is 18.3 Å². The van der Waals surface area contributed by atoms with Crippen molar-refractivity contribution in [2.45, 2.75) is 38.6 Å². The molecule has 1 aliphatic heterocycles. The number of Topliss-reactive ketones (excluding diaryl/α,β-unsaturated/α-hetero) is 1. The Bertz CT molecular complexity index is 1250. The van der Waals surface area contributed by atoms with E-state index in [2.05, 4.69) is 0 Å². The number of aromatic hydroxyl groups is 1. The van der Waals surface area contributed by atoms with E-state index in [0.29, 0.717) is 17.7 Å². The summed E-state index contributed by atoms with van der Waals surface area (Å²) >= 11 is 7.91. The van der Waals surface area contributed by atoms with Gasteiger partial charge in [0.1, 0.15) is 16.0 Å².